The molecular weight excluding hydrogens is 394 g/mol. The van der Waals surface area contributed by atoms with Gasteiger partial charge in [0.1, 0.15) is 5.75 Å². The lowest BCUT2D eigenvalue weighted by atomic mass is 9.86. The Balaban J connectivity index is 1.82. The van der Waals surface area contributed by atoms with Crippen LogP contribution in [0.15, 0.2) is 51.4 Å². The molecule has 0 aliphatic carbocycles. The number of rotatable bonds is 3. The van der Waals surface area contributed by atoms with Crippen LogP contribution in [0.1, 0.15) is 35.9 Å². The summed E-state index contributed by atoms with van der Waals surface area (Å²) >= 11 is 7.12. The van der Waals surface area contributed by atoms with Gasteiger partial charge in [0.15, 0.2) is 0 Å². The average molecular weight is 411 g/mol. The fraction of sp³-hybridized carbons (Fsp3) is 0.294. The van der Waals surface area contributed by atoms with Crippen LogP contribution < -0.4 is 10.5 Å². The lowest BCUT2D eigenvalue weighted by Gasteiger charge is -2.28. The van der Waals surface area contributed by atoms with Gasteiger partial charge >= 0.3 is 0 Å². The molecule has 0 saturated carbocycles. The van der Waals surface area contributed by atoms with E-state index in [2.05, 4.69) is 50.1 Å². The van der Waals surface area contributed by atoms with Gasteiger partial charge in [-0.05, 0) is 54.2 Å². The molecular formula is C17H17Br2NO. The van der Waals surface area contributed by atoms with Gasteiger partial charge in [-0.3, -0.25) is 0 Å². The monoisotopic (exact) mass is 409 g/mol. The smallest absolute Gasteiger partial charge is 0.122 e. The second kappa shape index (κ2) is 6.51. The number of halogens is 2. The molecule has 21 heavy (non-hydrogen) atoms. The third-order valence-electron chi connectivity index (χ3n) is 3.98. The summed E-state index contributed by atoms with van der Waals surface area (Å²) in [5, 5.41) is 0. The van der Waals surface area contributed by atoms with Gasteiger partial charge in [0.25, 0.3) is 0 Å². The van der Waals surface area contributed by atoms with Crippen molar-refractivity contribution in [2.75, 3.05) is 6.61 Å². The van der Waals surface area contributed by atoms with E-state index in [-0.39, 0.29) is 6.04 Å². The minimum atomic E-state index is 0.00744. The molecule has 0 saturated heterocycles. The number of nitrogens with two attached hydrogens (primary N) is 1. The predicted molar refractivity (Wildman–Crippen MR) is 92.7 cm³/mol. The number of fused-ring (bicyclic) bond motifs is 1. The number of ether oxygens (including phenoxy) is 1. The van der Waals surface area contributed by atoms with Crippen molar-refractivity contribution in [1.29, 1.82) is 0 Å². The molecule has 0 fully saturated rings. The number of hydrogen-bond donors (Lipinski definition) is 1. The predicted octanol–water partition coefficient (Wildman–Crippen LogP) is 5.17. The van der Waals surface area contributed by atoms with Crippen molar-refractivity contribution in [1.82, 2.24) is 0 Å². The van der Waals surface area contributed by atoms with E-state index in [1.54, 1.807) is 0 Å². The summed E-state index contributed by atoms with van der Waals surface area (Å²) < 4.78 is 7.85. The molecule has 1 heterocycles. The van der Waals surface area contributed by atoms with Gasteiger partial charge in [-0.1, -0.05) is 50.1 Å². The first-order valence-corrected chi connectivity index (χ1v) is 8.66. The van der Waals surface area contributed by atoms with E-state index in [4.69, 9.17) is 10.5 Å². The maximum atomic E-state index is 6.46. The van der Waals surface area contributed by atoms with Gasteiger partial charge < -0.3 is 10.5 Å². The highest BCUT2D eigenvalue weighted by atomic mass is 79.9. The summed E-state index contributed by atoms with van der Waals surface area (Å²) in [6, 6.07) is 14.5. The Kier molecular flexibility index (Phi) is 4.67. The molecule has 4 heteroatoms. The minimum Gasteiger partial charge on any atom is -0.493 e. The molecule has 2 aromatic carbocycles. The van der Waals surface area contributed by atoms with Crippen molar-refractivity contribution in [2.24, 2.45) is 5.73 Å². The highest BCUT2D eigenvalue weighted by Crippen LogP contribution is 2.39. The molecule has 0 bridgehead atoms. The quantitative estimate of drug-likeness (QED) is 0.757. The molecule has 0 aromatic heterocycles. The zero-order valence-corrected chi connectivity index (χ0v) is 14.7. The van der Waals surface area contributed by atoms with Gasteiger partial charge in [0.2, 0.25) is 0 Å². The second-order valence-corrected chi connectivity index (χ2v) is 7.15. The molecule has 2 nitrogen and oxygen atoms in total. The summed E-state index contributed by atoms with van der Waals surface area (Å²) in [7, 11) is 0. The summed E-state index contributed by atoms with van der Waals surface area (Å²) in [5.74, 6) is 1.46. The summed E-state index contributed by atoms with van der Waals surface area (Å²) in [6.07, 6.45) is 1.95. The van der Waals surface area contributed by atoms with Crippen molar-refractivity contribution in [3.8, 4) is 5.75 Å². The van der Waals surface area contributed by atoms with Crippen molar-refractivity contribution < 1.29 is 4.74 Å². The van der Waals surface area contributed by atoms with E-state index < -0.39 is 0 Å². The Labute approximate surface area is 141 Å². The molecule has 1 aliphatic heterocycles. The average Bonchev–Trinajstić information content (AvgIpc) is 2.50. The Bertz CT molecular complexity index is 644. The Morgan fingerprint density at radius 1 is 1.19 bits per heavy atom. The molecule has 2 unspecified atom stereocenters. The maximum Gasteiger partial charge on any atom is 0.122 e. The molecule has 2 N–H and O–H groups in total. The molecule has 0 radical (unpaired) electrons. The third kappa shape index (κ3) is 3.33. The topological polar surface area (TPSA) is 35.2 Å². The third-order valence-corrected chi connectivity index (χ3v) is 5.19. The van der Waals surface area contributed by atoms with E-state index in [1.807, 2.05) is 24.3 Å². The first kappa shape index (κ1) is 15.1. The van der Waals surface area contributed by atoms with Crippen LogP contribution in [-0.4, -0.2) is 6.61 Å². The van der Waals surface area contributed by atoms with Crippen molar-refractivity contribution in [3.05, 3.63) is 62.5 Å². The van der Waals surface area contributed by atoms with Crippen LogP contribution in [0.4, 0.5) is 0 Å². The Hall–Kier alpha value is -0.840. The highest BCUT2D eigenvalue weighted by molar-refractivity contribution is 9.11. The van der Waals surface area contributed by atoms with Crippen LogP contribution in [0.3, 0.4) is 0 Å². The fourth-order valence-electron chi connectivity index (χ4n) is 2.89. The van der Waals surface area contributed by atoms with Gasteiger partial charge in [-0.25, -0.2) is 0 Å². The summed E-state index contributed by atoms with van der Waals surface area (Å²) in [5.41, 5.74) is 8.89. The normalized spacial score (nSPS) is 18.7. The standard InChI is InChI=1S/C17H17Br2NO/c18-12-5-6-15(19)14(10-12)16(20)9-11-7-8-21-17-4-2-1-3-13(11)17/h1-6,10-11,16H,7-9,20H2. The highest BCUT2D eigenvalue weighted by Gasteiger charge is 2.24. The molecule has 0 amide bonds. The van der Waals surface area contributed by atoms with Crippen LogP contribution in [-0.2, 0) is 0 Å². The van der Waals surface area contributed by atoms with Gasteiger partial charge in [-0.15, -0.1) is 0 Å². The second-order valence-electron chi connectivity index (χ2n) is 5.38. The van der Waals surface area contributed by atoms with Gasteiger partial charge in [0.05, 0.1) is 6.61 Å². The zero-order chi connectivity index (χ0) is 14.8. The van der Waals surface area contributed by atoms with Crippen LogP contribution in [0.25, 0.3) is 0 Å². The van der Waals surface area contributed by atoms with E-state index in [1.165, 1.54) is 5.56 Å². The number of para-hydroxylation sites is 1. The van der Waals surface area contributed by atoms with Crippen LogP contribution in [0.5, 0.6) is 5.75 Å². The zero-order valence-electron chi connectivity index (χ0n) is 11.6. The molecule has 3 rings (SSSR count). The first-order chi connectivity index (χ1) is 10.1. The van der Waals surface area contributed by atoms with Gasteiger partial charge in [0, 0.05) is 15.0 Å². The van der Waals surface area contributed by atoms with E-state index in [0.717, 1.165) is 39.7 Å². The molecule has 2 aromatic rings. The Morgan fingerprint density at radius 2 is 2.00 bits per heavy atom. The molecule has 0 spiro atoms. The van der Waals surface area contributed by atoms with Gasteiger partial charge in [-0.2, -0.15) is 0 Å². The lowest BCUT2D eigenvalue weighted by Crippen LogP contribution is -2.20. The fourth-order valence-corrected chi connectivity index (χ4v) is 3.81. The molecule has 2 atom stereocenters. The first-order valence-electron chi connectivity index (χ1n) is 7.07. The molecule has 110 valence electrons. The molecule has 1 aliphatic rings. The van der Waals surface area contributed by atoms with E-state index >= 15 is 0 Å². The summed E-state index contributed by atoms with van der Waals surface area (Å²) in [6.45, 7) is 0.772. The van der Waals surface area contributed by atoms with E-state index in [9.17, 15) is 0 Å². The van der Waals surface area contributed by atoms with E-state index in [0.29, 0.717) is 5.92 Å². The largest absolute Gasteiger partial charge is 0.493 e. The van der Waals surface area contributed by atoms with Crippen molar-refractivity contribution in [3.63, 3.8) is 0 Å². The maximum absolute atomic E-state index is 6.46. The van der Waals surface area contributed by atoms with Crippen LogP contribution in [0, 0.1) is 0 Å². The summed E-state index contributed by atoms with van der Waals surface area (Å²) in [4.78, 5) is 0. The van der Waals surface area contributed by atoms with Crippen LogP contribution >= 0.6 is 31.9 Å². The lowest BCUT2D eigenvalue weighted by molar-refractivity contribution is 0.259. The number of hydrogen-bond acceptors (Lipinski definition) is 2. The number of benzene rings is 2. The van der Waals surface area contributed by atoms with Crippen LogP contribution in [0.2, 0.25) is 0 Å². The SMILES string of the molecule is NC(CC1CCOc2ccccc21)c1cc(Br)ccc1Br. The minimum absolute atomic E-state index is 0.00744. The van der Waals surface area contributed by atoms with Crippen molar-refractivity contribution in [2.45, 2.75) is 24.8 Å². The van der Waals surface area contributed by atoms with Crippen molar-refractivity contribution >= 4 is 31.9 Å². The Morgan fingerprint density at radius 3 is 2.86 bits per heavy atom.